The number of thiophene rings is 1. The highest BCUT2D eigenvalue weighted by Gasteiger charge is 2.15. The zero-order chi connectivity index (χ0) is 32.3. The van der Waals surface area contributed by atoms with Gasteiger partial charge in [-0.15, -0.1) is 11.3 Å². The van der Waals surface area contributed by atoms with Gasteiger partial charge in [0.1, 0.15) is 0 Å². The molecule has 0 bridgehead atoms. The molecule has 0 radical (unpaired) electrons. The first kappa shape index (κ1) is 27.9. The van der Waals surface area contributed by atoms with Gasteiger partial charge in [0.25, 0.3) is 0 Å². The molecule has 0 fully saturated rings. The van der Waals surface area contributed by atoms with Crippen LogP contribution < -0.4 is 0 Å². The standard InChI is InChI=1S/C46H28N2S/c1-4-16-37(42-28-47-44-39-18-5-2-14-35(39)36-15-3-6-19-40(36)45(44)48-42)33(13-1)32-12-9-11-31(27-32)29-23-25-30(26-24-29)34-20-10-21-41-38-17-7-8-22-43(38)49-46(34)41/h1-28H. The Morgan fingerprint density at radius 1 is 0.367 bits per heavy atom. The minimum atomic E-state index is 0.869. The highest BCUT2D eigenvalue weighted by Crippen LogP contribution is 2.41. The molecular formula is C46H28N2S. The van der Waals surface area contributed by atoms with E-state index >= 15 is 0 Å². The summed E-state index contributed by atoms with van der Waals surface area (Å²) >= 11 is 1.87. The summed E-state index contributed by atoms with van der Waals surface area (Å²) < 4.78 is 2.67. The third-order valence-electron chi connectivity index (χ3n) is 9.74. The van der Waals surface area contributed by atoms with Crippen molar-refractivity contribution in [3.63, 3.8) is 0 Å². The quantitative estimate of drug-likeness (QED) is 0.179. The van der Waals surface area contributed by atoms with Gasteiger partial charge < -0.3 is 0 Å². The highest BCUT2D eigenvalue weighted by molar-refractivity contribution is 7.26. The van der Waals surface area contributed by atoms with E-state index in [0.29, 0.717) is 0 Å². The predicted octanol–water partition coefficient (Wildman–Crippen LogP) is 13.0. The summed E-state index contributed by atoms with van der Waals surface area (Å²) in [6.07, 6.45) is 1.93. The molecule has 228 valence electrons. The van der Waals surface area contributed by atoms with Gasteiger partial charge in [-0.05, 0) is 56.3 Å². The Labute approximate surface area is 287 Å². The minimum absolute atomic E-state index is 0.869. The molecule has 0 aliphatic heterocycles. The smallest absolute Gasteiger partial charge is 0.0979 e. The first-order chi connectivity index (χ1) is 24.3. The first-order valence-corrected chi connectivity index (χ1v) is 17.4. The van der Waals surface area contributed by atoms with E-state index in [9.17, 15) is 0 Å². The molecule has 10 aromatic rings. The SMILES string of the molecule is c1cc(-c2ccc(-c3cccc4c3sc3ccccc34)cc2)cc(-c2ccccc2-c2cnc3c4ccccc4c4ccccc4c3n2)c1. The lowest BCUT2D eigenvalue weighted by Crippen LogP contribution is -1.94. The van der Waals surface area contributed by atoms with Gasteiger partial charge in [0.05, 0.1) is 22.9 Å². The number of hydrogen-bond acceptors (Lipinski definition) is 3. The summed E-state index contributed by atoms with van der Waals surface area (Å²) in [4.78, 5) is 10.3. The topological polar surface area (TPSA) is 25.8 Å². The van der Waals surface area contributed by atoms with Crippen LogP contribution in [-0.4, -0.2) is 9.97 Å². The molecule has 3 heteroatoms. The first-order valence-electron chi connectivity index (χ1n) is 16.6. The fourth-order valence-electron chi connectivity index (χ4n) is 7.39. The molecule has 2 heterocycles. The molecule has 0 aliphatic rings. The lowest BCUT2D eigenvalue weighted by atomic mass is 9.93. The van der Waals surface area contributed by atoms with E-state index in [0.717, 1.165) is 44.2 Å². The lowest BCUT2D eigenvalue weighted by molar-refractivity contribution is 1.31. The lowest BCUT2D eigenvalue weighted by Gasteiger charge is -2.13. The van der Waals surface area contributed by atoms with Gasteiger partial charge in [0, 0.05) is 36.5 Å². The third-order valence-corrected chi connectivity index (χ3v) is 11.0. The van der Waals surface area contributed by atoms with Crippen LogP contribution >= 0.6 is 11.3 Å². The van der Waals surface area contributed by atoms with Gasteiger partial charge in [0.2, 0.25) is 0 Å². The Balaban J connectivity index is 1.04. The Morgan fingerprint density at radius 2 is 0.939 bits per heavy atom. The van der Waals surface area contributed by atoms with Crippen LogP contribution in [0.4, 0.5) is 0 Å². The maximum atomic E-state index is 5.30. The average Bonchev–Trinajstić information content (AvgIpc) is 3.57. The summed E-state index contributed by atoms with van der Waals surface area (Å²) in [6, 6.07) is 58.7. The van der Waals surface area contributed by atoms with Crippen molar-refractivity contribution in [3.05, 3.63) is 170 Å². The second-order valence-electron chi connectivity index (χ2n) is 12.5. The molecule has 0 saturated carbocycles. The van der Waals surface area contributed by atoms with Crippen LogP contribution in [0.3, 0.4) is 0 Å². The van der Waals surface area contributed by atoms with Crippen LogP contribution in [0.5, 0.6) is 0 Å². The summed E-state index contributed by atoms with van der Waals surface area (Å²) in [5.74, 6) is 0. The fourth-order valence-corrected chi connectivity index (χ4v) is 8.63. The largest absolute Gasteiger partial charge is 0.252 e. The van der Waals surface area contributed by atoms with Crippen molar-refractivity contribution in [2.24, 2.45) is 0 Å². The van der Waals surface area contributed by atoms with Gasteiger partial charge in [-0.25, -0.2) is 4.98 Å². The molecule has 8 aromatic carbocycles. The van der Waals surface area contributed by atoms with E-state index in [1.165, 1.54) is 53.2 Å². The summed E-state index contributed by atoms with van der Waals surface area (Å²) in [5.41, 5.74) is 11.0. The Hall–Kier alpha value is -6.16. The number of hydrogen-bond donors (Lipinski definition) is 0. The van der Waals surface area contributed by atoms with Crippen LogP contribution in [0.1, 0.15) is 0 Å². The molecule has 0 unspecified atom stereocenters. The van der Waals surface area contributed by atoms with E-state index in [1.807, 2.05) is 17.5 Å². The van der Waals surface area contributed by atoms with Crippen molar-refractivity contribution in [1.82, 2.24) is 9.97 Å². The number of fused-ring (bicyclic) bond motifs is 9. The van der Waals surface area contributed by atoms with Gasteiger partial charge in [-0.2, -0.15) is 0 Å². The van der Waals surface area contributed by atoms with E-state index in [2.05, 4.69) is 164 Å². The van der Waals surface area contributed by atoms with Gasteiger partial charge in [-0.3, -0.25) is 4.98 Å². The maximum Gasteiger partial charge on any atom is 0.0979 e. The molecule has 2 aromatic heterocycles. The van der Waals surface area contributed by atoms with Crippen molar-refractivity contribution >= 4 is 64.1 Å². The van der Waals surface area contributed by atoms with Crippen LogP contribution in [0.25, 0.3) is 97.4 Å². The van der Waals surface area contributed by atoms with Gasteiger partial charge >= 0.3 is 0 Å². The van der Waals surface area contributed by atoms with Crippen LogP contribution in [-0.2, 0) is 0 Å². The molecule has 2 nitrogen and oxygen atoms in total. The number of nitrogens with zero attached hydrogens (tertiary/aromatic N) is 2. The Bertz CT molecular complexity index is 2850. The molecule has 0 atom stereocenters. The van der Waals surface area contributed by atoms with Crippen LogP contribution in [0.2, 0.25) is 0 Å². The third kappa shape index (κ3) is 4.55. The van der Waals surface area contributed by atoms with Crippen molar-refractivity contribution in [1.29, 1.82) is 0 Å². The second-order valence-corrected chi connectivity index (χ2v) is 13.6. The second kappa shape index (κ2) is 11.2. The van der Waals surface area contributed by atoms with Crippen molar-refractivity contribution < 1.29 is 0 Å². The summed E-state index contributed by atoms with van der Waals surface area (Å²) in [5, 5.41) is 7.31. The number of aromatic nitrogens is 2. The van der Waals surface area contributed by atoms with E-state index < -0.39 is 0 Å². The Kier molecular flexibility index (Phi) is 6.39. The molecule has 0 spiro atoms. The number of rotatable bonds is 4. The van der Waals surface area contributed by atoms with Gasteiger partial charge in [-0.1, -0.05) is 152 Å². The molecule has 0 aliphatic carbocycles. The van der Waals surface area contributed by atoms with E-state index in [4.69, 9.17) is 9.97 Å². The van der Waals surface area contributed by atoms with Crippen LogP contribution in [0, 0.1) is 0 Å². The molecule has 49 heavy (non-hydrogen) atoms. The monoisotopic (exact) mass is 640 g/mol. The summed E-state index contributed by atoms with van der Waals surface area (Å²) in [7, 11) is 0. The van der Waals surface area contributed by atoms with E-state index in [-0.39, 0.29) is 0 Å². The molecular weight excluding hydrogens is 613 g/mol. The maximum absolute atomic E-state index is 5.30. The van der Waals surface area contributed by atoms with Crippen LogP contribution in [0.15, 0.2) is 170 Å². The molecule has 0 amide bonds. The minimum Gasteiger partial charge on any atom is -0.252 e. The molecule has 0 N–H and O–H groups in total. The number of benzene rings is 8. The summed E-state index contributed by atoms with van der Waals surface area (Å²) in [6.45, 7) is 0. The van der Waals surface area contributed by atoms with Crippen molar-refractivity contribution in [2.45, 2.75) is 0 Å². The predicted molar refractivity (Wildman–Crippen MR) is 209 cm³/mol. The zero-order valence-corrected chi connectivity index (χ0v) is 27.3. The fraction of sp³-hybridized carbons (Fsp3) is 0. The highest BCUT2D eigenvalue weighted by atomic mass is 32.1. The average molecular weight is 641 g/mol. The van der Waals surface area contributed by atoms with E-state index in [1.54, 1.807) is 0 Å². The molecule has 10 rings (SSSR count). The van der Waals surface area contributed by atoms with Crippen molar-refractivity contribution in [3.8, 4) is 44.6 Å². The Morgan fingerprint density at radius 3 is 1.73 bits per heavy atom. The normalized spacial score (nSPS) is 11.7. The van der Waals surface area contributed by atoms with Crippen molar-refractivity contribution in [2.75, 3.05) is 0 Å². The van der Waals surface area contributed by atoms with Gasteiger partial charge in [0.15, 0.2) is 0 Å². The molecule has 0 saturated heterocycles. The zero-order valence-electron chi connectivity index (χ0n) is 26.5.